The summed E-state index contributed by atoms with van der Waals surface area (Å²) in [5.41, 5.74) is 1.19. The molecular formula is C18H26N2O4. The van der Waals surface area contributed by atoms with Crippen molar-refractivity contribution in [3.05, 3.63) is 29.3 Å². The van der Waals surface area contributed by atoms with Crippen LogP contribution in [0, 0.1) is 0 Å². The minimum absolute atomic E-state index is 0.0488. The Morgan fingerprint density at radius 2 is 1.75 bits per heavy atom. The molecule has 2 rings (SSSR count). The first-order valence-electron chi connectivity index (χ1n) is 8.43. The van der Waals surface area contributed by atoms with Crippen LogP contribution in [0.5, 0.6) is 5.75 Å². The van der Waals surface area contributed by atoms with Crippen molar-refractivity contribution in [3.8, 4) is 5.75 Å². The molecule has 1 N–H and O–H groups in total. The minimum Gasteiger partial charge on any atom is -0.496 e. The highest BCUT2D eigenvalue weighted by molar-refractivity contribution is 5.92. The largest absolute Gasteiger partial charge is 0.496 e. The Morgan fingerprint density at radius 1 is 1.08 bits per heavy atom. The van der Waals surface area contributed by atoms with E-state index in [-0.39, 0.29) is 6.03 Å². The first-order valence-corrected chi connectivity index (χ1v) is 8.43. The Bertz CT molecular complexity index is 566. The van der Waals surface area contributed by atoms with E-state index in [1.807, 2.05) is 11.0 Å². The third-order valence-electron chi connectivity index (χ3n) is 4.26. The molecule has 0 spiro atoms. The highest BCUT2D eigenvalue weighted by atomic mass is 16.5. The molecule has 1 heterocycles. The normalized spacial score (nSPS) is 15.2. The molecular weight excluding hydrogens is 308 g/mol. The van der Waals surface area contributed by atoms with Crippen LogP contribution in [0.4, 0.5) is 4.79 Å². The second-order valence-corrected chi connectivity index (χ2v) is 5.94. The number of methoxy groups -OCH3 is 2. The van der Waals surface area contributed by atoms with E-state index in [1.165, 1.54) is 33.5 Å². The van der Waals surface area contributed by atoms with Gasteiger partial charge in [0, 0.05) is 19.6 Å². The molecule has 0 bridgehead atoms. The molecule has 0 unspecified atom stereocenters. The van der Waals surface area contributed by atoms with Crippen LogP contribution in [-0.2, 0) is 11.3 Å². The number of urea groups is 1. The van der Waals surface area contributed by atoms with Gasteiger partial charge in [-0.25, -0.2) is 9.59 Å². The van der Waals surface area contributed by atoms with Gasteiger partial charge in [-0.2, -0.15) is 0 Å². The summed E-state index contributed by atoms with van der Waals surface area (Å²) in [5, 5.41) is 2.93. The van der Waals surface area contributed by atoms with Gasteiger partial charge in [-0.05, 0) is 30.5 Å². The molecule has 0 radical (unpaired) electrons. The van der Waals surface area contributed by atoms with Crippen LogP contribution in [0.1, 0.15) is 48.0 Å². The zero-order chi connectivity index (χ0) is 17.4. The Balaban J connectivity index is 1.97. The third-order valence-corrected chi connectivity index (χ3v) is 4.26. The number of ether oxygens (including phenoxy) is 2. The molecule has 1 aliphatic rings. The molecule has 1 aliphatic heterocycles. The van der Waals surface area contributed by atoms with Gasteiger partial charge >= 0.3 is 12.0 Å². The van der Waals surface area contributed by atoms with Gasteiger partial charge in [-0.1, -0.05) is 25.3 Å². The molecule has 0 atom stereocenters. The van der Waals surface area contributed by atoms with Gasteiger partial charge in [0.05, 0.1) is 14.2 Å². The van der Waals surface area contributed by atoms with Crippen LogP contribution in [-0.4, -0.2) is 44.2 Å². The number of rotatable bonds is 4. The van der Waals surface area contributed by atoms with E-state index >= 15 is 0 Å². The summed E-state index contributed by atoms with van der Waals surface area (Å²) in [7, 11) is 2.84. The molecule has 2 amide bonds. The van der Waals surface area contributed by atoms with Crippen LogP contribution >= 0.6 is 0 Å². The van der Waals surface area contributed by atoms with Crippen molar-refractivity contribution in [2.24, 2.45) is 0 Å². The number of nitrogens with zero attached hydrogens (tertiary/aromatic N) is 1. The number of benzene rings is 1. The third kappa shape index (κ3) is 4.88. The first kappa shape index (κ1) is 18.1. The SMILES string of the molecule is COC(=O)c1cc(CNC(=O)N2CCCCCCC2)ccc1OC. The van der Waals surface area contributed by atoms with Gasteiger partial charge in [0.2, 0.25) is 0 Å². The highest BCUT2D eigenvalue weighted by Gasteiger charge is 2.16. The Hall–Kier alpha value is -2.24. The number of hydrogen-bond acceptors (Lipinski definition) is 4. The van der Waals surface area contributed by atoms with Crippen LogP contribution < -0.4 is 10.1 Å². The van der Waals surface area contributed by atoms with Crippen molar-refractivity contribution in [3.63, 3.8) is 0 Å². The predicted molar refractivity (Wildman–Crippen MR) is 91.2 cm³/mol. The van der Waals surface area contributed by atoms with Gasteiger partial charge < -0.3 is 19.7 Å². The van der Waals surface area contributed by atoms with E-state index in [2.05, 4.69) is 5.32 Å². The molecule has 1 aromatic rings. The zero-order valence-electron chi connectivity index (χ0n) is 14.5. The summed E-state index contributed by atoms with van der Waals surface area (Å²) in [6, 6.07) is 5.19. The van der Waals surface area contributed by atoms with Crippen LogP contribution in [0.2, 0.25) is 0 Å². The molecule has 24 heavy (non-hydrogen) atoms. The minimum atomic E-state index is -0.455. The number of hydrogen-bond donors (Lipinski definition) is 1. The number of nitrogens with one attached hydrogen (secondary N) is 1. The monoisotopic (exact) mass is 334 g/mol. The Morgan fingerprint density at radius 3 is 2.38 bits per heavy atom. The van der Waals surface area contributed by atoms with E-state index in [9.17, 15) is 9.59 Å². The van der Waals surface area contributed by atoms with Gasteiger partial charge in [-0.3, -0.25) is 0 Å². The second-order valence-electron chi connectivity index (χ2n) is 5.94. The summed E-state index contributed by atoms with van der Waals surface area (Å²) in [6.45, 7) is 1.98. The maximum absolute atomic E-state index is 12.3. The van der Waals surface area contributed by atoms with Crippen LogP contribution in [0.3, 0.4) is 0 Å². The lowest BCUT2D eigenvalue weighted by Gasteiger charge is -2.25. The van der Waals surface area contributed by atoms with Crippen LogP contribution in [0.15, 0.2) is 18.2 Å². The molecule has 0 aliphatic carbocycles. The number of carbonyl (C=O) groups excluding carboxylic acids is 2. The van der Waals surface area contributed by atoms with Crippen molar-refractivity contribution < 1.29 is 19.1 Å². The fourth-order valence-electron chi connectivity index (χ4n) is 2.87. The molecule has 132 valence electrons. The quantitative estimate of drug-likeness (QED) is 0.860. The number of amides is 2. The van der Waals surface area contributed by atoms with Gasteiger partial charge in [0.25, 0.3) is 0 Å². The summed E-state index contributed by atoms with van der Waals surface area (Å²) >= 11 is 0. The molecule has 6 nitrogen and oxygen atoms in total. The number of carbonyl (C=O) groups is 2. The van der Waals surface area contributed by atoms with E-state index in [0.29, 0.717) is 17.9 Å². The number of likely N-dealkylation sites (tertiary alicyclic amines) is 1. The van der Waals surface area contributed by atoms with Crippen molar-refractivity contribution in [1.29, 1.82) is 0 Å². The lowest BCUT2D eigenvalue weighted by atomic mass is 10.1. The smallest absolute Gasteiger partial charge is 0.341 e. The highest BCUT2D eigenvalue weighted by Crippen LogP contribution is 2.21. The lowest BCUT2D eigenvalue weighted by molar-refractivity contribution is 0.0597. The fraction of sp³-hybridized carbons (Fsp3) is 0.556. The molecule has 6 heteroatoms. The second kappa shape index (κ2) is 9.15. The predicted octanol–water partition coefficient (Wildman–Crippen LogP) is 2.96. The lowest BCUT2D eigenvalue weighted by Crippen LogP contribution is -2.41. The summed E-state index contributed by atoms with van der Waals surface area (Å²) in [6.07, 6.45) is 5.75. The van der Waals surface area contributed by atoms with E-state index in [4.69, 9.17) is 9.47 Å². The zero-order valence-corrected chi connectivity index (χ0v) is 14.5. The standard InChI is InChI=1S/C18H26N2O4/c1-23-16-9-8-14(12-15(16)17(21)24-2)13-19-18(22)20-10-6-4-3-5-7-11-20/h8-9,12H,3-7,10-11,13H2,1-2H3,(H,19,22). The maximum atomic E-state index is 12.3. The van der Waals surface area contributed by atoms with E-state index in [0.717, 1.165) is 31.5 Å². The summed E-state index contributed by atoms with van der Waals surface area (Å²) in [5.74, 6) is 0.00416. The number of esters is 1. The van der Waals surface area contributed by atoms with E-state index in [1.54, 1.807) is 12.1 Å². The van der Waals surface area contributed by atoms with Crippen LogP contribution in [0.25, 0.3) is 0 Å². The maximum Gasteiger partial charge on any atom is 0.341 e. The Labute approximate surface area is 143 Å². The van der Waals surface area contributed by atoms with Gasteiger partial charge in [0.15, 0.2) is 0 Å². The average molecular weight is 334 g/mol. The topological polar surface area (TPSA) is 67.9 Å². The van der Waals surface area contributed by atoms with Gasteiger partial charge in [-0.15, -0.1) is 0 Å². The average Bonchev–Trinajstić information content (AvgIpc) is 2.58. The summed E-state index contributed by atoms with van der Waals surface area (Å²) < 4.78 is 9.94. The van der Waals surface area contributed by atoms with Crippen molar-refractivity contribution in [2.75, 3.05) is 27.3 Å². The Kier molecular flexibility index (Phi) is 6.90. The van der Waals surface area contributed by atoms with Gasteiger partial charge in [0.1, 0.15) is 11.3 Å². The van der Waals surface area contributed by atoms with Crippen molar-refractivity contribution in [2.45, 2.75) is 38.6 Å². The molecule has 1 saturated heterocycles. The van der Waals surface area contributed by atoms with Crippen molar-refractivity contribution >= 4 is 12.0 Å². The van der Waals surface area contributed by atoms with Crippen molar-refractivity contribution in [1.82, 2.24) is 10.2 Å². The molecule has 1 fully saturated rings. The molecule has 1 aromatic carbocycles. The molecule has 0 aromatic heterocycles. The van der Waals surface area contributed by atoms with E-state index < -0.39 is 5.97 Å². The molecule has 0 saturated carbocycles. The summed E-state index contributed by atoms with van der Waals surface area (Å²) in [4.78, 5) is 26.0. The fourth-order valence-corrected chi connectivity index (χ4v) is 2.87. The first-order chi connectivity index (χ1) is 11.7.